The predicted molar refractivity (Wildman–Crippen MR) is 115 cm³/mol. The van der Waals surface area contributed by atoms with Gasteiger partial charge in [-0.05, 0) is 43.2 Å². The molecule has 2 N–H and O–H groups in total. The largest absolute Gasteiger partial charge is 0.322 e. The second kappa shape index (κ2) is 8.79. The van der Waals surface area contributed by atoms with Crippen LogP contribution in [-0.4, -0.2) is 16.5 Å². The van der Waals surface area contributed by atoms with Crippen molar-refractivity contribution in [2.45, 2.75) is 13.8 Å². The Hall–Kier alpha value is -4.00. The fourth-order valence-corrected chi connectivity index (χ4v) is 2.71. The van der Waals surface area contributed by atoms with E-state index in [2.05, 4.69) is 15.8 Å². The SMILES string of the molecule is CC(=NNc1ccc(C(=O)Nc2ccccc2C)cc1[N+](=O)[O-])c1ccccc1. The van der Waals surface area contributed by atoms with Crippen molar-refractivity contribution in [3.8, 4) is 0 Å². The molecule has 7 nitrogen and oxygen atoms in total. The fourth-order valence-electron chi connectivity index (χ4n) is 2.71. The number of nitro benzene ring substituents is 1. The minimum absolute atomic E-state index is 0.189. The monoisotopic (exact) mass is 388 g/mol. The summed E-state index contributed by atoms with van der Waals surface area (Å²) < 4.78 is 0. The number of carbonyl (C=O) groups excluding carboxylic acids is 1. The molecule has 0 unspecified atom stereocenters. The van der Waals surface area contributed by atoms with Crippen LogP contribution >= 0.6 is 0 Å². The first-order valence-corrected chi connectivity index (χ1v) is 8.97. The topological polar surface area (TPSA) is 96.6 Å². The van der Waals surface area contributed by atoms with Crippen LogP contribution in [0, 0.1) is 17.0 Å². The number of anilines is 2. The summed E-state index contributed by atoms with van der Waals surface area (Å²) in [7, 11) is 0. The van der Waals surface area contributed by atoms with Crippen LogP contribution in [0.3, 0.4) is 0 Å². The number of nitro groups is 1. The Morgan fingerprint density at radius 3 is 2.31 bits per heavy atom. The highest BCUT2D eigenvalue weighted by Crippen LogP contribution is 2.26. The molecular weight excluding hydrogens is 368 g/mol. The Balaban J connectivity index is 1.83. The summed E-state index contributed by atoms with van der Waals surface area (Å²) in [5.74, 6) is -0.419. The molecule has 0 aliphatic rings. The van der Waals surface area contributed by atoms with Crippen LogP contribution in [0.25, 0.3) is 0 Å². The summed E-state index contributed by atoms with van der Waals surface area (Å²) >= 11 is 0. The summed E-state index contributed by atoms with van der Waals surface area (Å²) in [6, 6.07) is 21.0. The molecule has 1 amide bonds. The number of nitrogens with one attached hydrogen (secondary N) is 2. The Morgan fingerprint density at radius 1 is 0.931 bits per heavy atom. The van der Waals surface area contributed by atoms with Gasteiger partial charge in [-0.1, -0.05) is 48.5 Å². The molecule has 0 saturated carbocycles. The first-order chi connectivity index (χ1) is 14.0. The Kier molecular flexibility index (Phi) is 5.99. The zero-order valence-electron chi connectivity index (χ0n) is 16.0. The lowest BCUT2D eigenvalue weighted by Crippen LogP contribution is -2.13. The second-order valence-electron chi connectivity index (χ2n) is 6.43. The van der Waals surface area contributed by atoms with Gasteiger partial charge in [0, 0.05) is 17.3 Å². The molecule has 0 heterocycles. The van der Waals surface area contributed by atoms with E-state index in [4.69, 9.17) is 0 Å². The van der Waals surface area contributed by atoms with Gasteiger partial charge in [0.2, 0.25) is 0 Å². The molecule has 0 spiro atoms. The van der Waals surface area contributed by atoms with Crippen molar-refractivity contribution in [1.29, 1.82) is 0 Å². The van der Waals surface area contributed by atoms with Crippen molar-refractivity contribution in [2.24, 2.45) is 5.10 Å². The third-order valence-corrected chi connectivity index (χ3v) is 4.39. The minimum atomic E-state index is -0.541. The number of carbonyl (C=O) groups is 1. The molecule has 0 aromatic heterocycles. The smallest absolute Gasteiger partial charge is 0.294 e. The third-order valence-electron chi connectivity index (χ3n) is 4.39. The number of aryl methyl sites for hydroxylation is 1. The van der Waals surface area contributed by atoms with Gasteiger partial charge in [-0.15, -0.1) is 0 Å². The quantitative estimate of drug-likeness (QED) is 0.353. The average molecular weight is 388 g/mol. The summed E-state index contributed by atoms with van der Waals surface area (Å²) in [4.78, 5) is 23.5. The highest BCUT2D eigenvalue weighted by molar-refractivity contribution is 6.05. The maximum absolute atomic E-state index is 12.5. The molecular formula is C22H20N4O3. The second-order valence-corrected chi connectivity index (χ2v) is 6.43. The van der Waals surface area contributed by atoms with Crippen LogP contribution < -0.4 is 10.7 Å². The number of para-hydroxylation sites is 1. The van der Waals surface area contributed by atoms with E-state index in [1.54, 1.807) is 13.0 Å². The fraction of sp³-hybridized carbons (Fsp3) is 0.0909. The molecule has 3 aromatic carbocycles. The van der Waals surface area contributed by atoms with Crippen molar-refractivity contribution < 1.29 is 9.72 Å². The minimum Gasteiger partial charge on any atom is -0.322 e. The van der Waals surface area contributed by atoms with Gasteiger partial charge in [0.25, 0.3) is 11.6 Å². The molecule has 29 heavy (non-hydrogen) atoms. The lowest BCUT2D eigenvalue weighted by molar-refractivity contribution is -0.384. The number of benzene rings is 3. The number of amides is 1. The molecule has 3 rings (SSSR count). The molecule has 146 valence electrons. The van der Waals surface area contributed by atoms with E-state index in [-0.39, 0.29) is 16.9 Å². The van der Waals surface area contributed by atoms with Gasteiger partial charge in [0.15, 0.2) is 0 Å². The van der Waals surface area contributed by atoms with E-state index in [0.717, 1.165) is 11.1 Å². The standard InChI is InChI=1S/C22H20N4O3/c1-15-8-6-7-11-19(15)23-22(27)18-12-13-20(21(14-18)26(28)29)25-24-16(2)17-9-4-3-5-10-17/h3-14,25H,1-2H3,(H,23,27). The van der Waals surface area contributed by atoms with Crippen molar-refractivity contribution >= 4 is 28.7 Å². The maximum Gasteiger partial charge on any atom is 0.294 e. The van der Waals surface area contributed by atoms with E-state index < -0.39 is 10.8 Å². The Morgan fingerprint density at radius 2 is 1.62 bits per heavy atom. The molecule has 0 radical (unpaired) electrons. The van der Waals surface area contributed by atoms with Gasteiger partial charge in [-0.3, -0.25) is 20.3 Å². The van der Waals surface area contributed by atoms with Crippen molar-refractivity contribution in [3.05, 3.63) is 99.6 Å². The van der Waals surface area contributed by atoms with E-state index in [1.807, 2.05) is 55.5 Å². The molecule has 7 heteroatoms. The highest BCUT2D eigenvalue weighted by Gasteiger charge is 2.18. The van der Waals surface area contributed by atoms with Gasteiger partial charge in [-0.25, -0.2) is 0 Å². The number of hydrogen-bond donors (Lipinski definition) is 2. The molecule has 0 saturated heterocycles. The van der Waals surface area contributed by atoms with Crippen molar-refractivity contribution in [3.63, 3.8) is 0 Å². The van der Waals surface area contributed by atoms with Crippen molar-refractivity contribution in [2.75, 3.05) is 10.7 Å². The highest BCUT2D eigenvalue weighted by atomic mass is 16.6. The van der Waals surface area contributed by atoms with Crippen LogP contribution in [0.2, 0.25) is 0 Å². The van der Waals surface area contributed by atoms with Crippen LogP contribution in [-0.2, 0) is 0 Å². The first kappa shape index (κ1) is 19.8. The van der Waals surface area contributed by atoms with Gasteiger partial charge in [0.1, 0.15) is 5.69 Å². The van der Waals surface area contributed by atoms with Gasteiger partial charge >= 0.3 is 0 Å². The summed E-state index contributed by atoms with van der Waals surface area (Å²) in [6.45, 7) is 3.68. The number of nitrogens with zero attached hydrogens (tertiary/aromatic N) is 2. The number of rotatable bonds is 6. The van der Waals surface area contributed by atoms with Gasteiger partial charge < -0.3 is 5.32 Å². The predicted octanol–water partition coefficient (Wildman–Crippen LogP) is 4.99. The molecule has 0 aliphatic heterocycles. The first-order valence-electron chi connectivity index (χ1n) is 8.97. The molecule has 0 aliphatic carbocycles. The summed E-state index contributed by atoms with van der Waals surface area (Å²) in [6.07, 6.45) is 0. The van der Waals surface area contributed by atoms with E-state index in [0.29, 0.717) is 11.4 Å². The molecule has 3 aromatic rings. The summed E-state index contributed by atoms with van der Waals surface area (Å²) in [5.41, 5.74) is 6.04. The Labute approximate surface area is 168 Å². The maximum atomic E-state index is 12.5. The van der Waals surface area contributed by atoms with E-state index >= 15 is 0 Å². The van der Waals surface area contributed by atoms with Crippen LogP contribution in [0.5, 0.6) is 0 Å². The van der Waals surface area contributed by atoms with Crippen LogP contribution in [0.4, 0.5) is 17.1 Å². The van der Waals surface area contributed by atoms with E-state index in [9.17, 15) is 14.9 Å². The van der Waals surface area contributed by atoms with E-state index in [1.165, 1.54) is 18.2 Å². The Bertz CT molecular complexity index is 1080. The van der Waals surface area contributed by atoms with Crippen molar-refractivity contribution in [1.82, 2.24) is 0 Å². The van der Waals surface area contributed by atoms with Crippen LogP contribution in [0.1, 0.15) is 28.4 Å². The van der Waals surface area contributed by atoms with Gasteiger partial charge in [0.05, 0.1) is 10.6 Å². The van der Waals surface area contributed by atoms with Crippen LogP contribution in [0.15, 0.2) is 77.9 Å². The zero-order chi connectivity index (χ0) is 20.8. The summed E-state index contributed by atoms with van der Waals surface area (Å²) in [5, 5.41) is 18.5. The average Bonchev–Trinajstić information content (AvgIpc) is 2.74. The molecule has 0 bridgehead atoms. The lowest BCUT2D eigenvalue weighted by Gasteiger charge is -2.09. The third kappa shape index (κ3) is 4.84. The number of hydrazone groups is 1. The lowest BCUT2D eigenvalue weighted by atomic mass is 10.1. The zero-order valence-corrected chi connectivity index (χ0v) is 16.0. The number of hydrogen-bond acceptors (Lipinski definition) is 5. The molecule has 0 atom stereocenters. The van der Waals surface area contributed by atoms with Gasteiger partial charge in [-0.2, -0.15) is 5.10 Å². The normalized spacial score (nSPS) is 11.0. The molecule has 0 fully saturated rings.